The van der Waals surface area contributed by atoms with Crippen molar-refractivity contribution in [1.29, 1.82) is 0 Å². The number of carbonyl (C=O) groups is 2. The van der Waals surface area contributed by atoms with Crippen molar-refractivity contribution in [3.8, 4) is 0 Å². The fourth-order valence-electron chi connectivity index (χ4n) is 7.01. The summed E-state index contributed by atoms with van der Waals surface area (Å²) in [5, 5.41) is 6.77. The fraction of sp³-hybridized carbons (Fsp3) is 0.917. The molecule has 2 amide bonds. The minimum absolute atomic E-state index is 0.0147. The van der Waals surface area contributed by atoms with Gasteiger partial charge in [0.25, 0.3) is 0 Å². The molecule has 4 rings (SSSR count). The molecule has 5 unspecified atom stereocenters. The zero-order valence-corrected chi connectivity index (χ0v) is 19.6. The molecule has 0 aromatic rings. The van der Waals surface area contributed by atoms with Crippen LogP contribution in [-0.2, 0) is 9.59 Å². The third kappa shape index (κ3) is 4.77. The third-order valence-electron chi connectivity index (χ3n) is 8.47. The summed E-state index contributed by atoms with van der Waals surface area (Å²) >= 11 is 0. The van der Waals surface area contributed by atoms with Crippen LogP contribution < -0.4 is 10.6 Å². The van der Waals surface area contributed by atoms with Crippen LogP contribution in [0.25, 0.3) is 0 Å². The maximum atomic E-state index is 14.4. The number of alkyl halides is 1. The van der Waals surface area contributed by atoms with Crippen LogP contribution in [0.4, 0.5) is 4.39 Å². The van der Waals surface area contributed by atoms with Gasteiger partial charge in [-0.05, 0) is 64.7 Å². The summed E-state index contributed by atoms with van der Waals surface area (Å²) in [5.41, 5.74) is 0. The van der Waals surface area contributed by atoms with Gasteiger partial charge in [0.15, 0.2) is 0 Å². The van der Waals surface area contributed by atoms with Crippen molar-refractivity contribution in [3.05, 3.63) is 0 Å². The van der Waals surface area contributed by atoms with E-state index >= 15 is 0 Å². The molecule has 2 heterocycles. The summed E-state index contributed by atoms with van der Waals surface area (Å²) < 4.78 is 14.4. The molecule has 31 heavy (non-hydrogen) atoms. The molecule has 9 atom stereocenters. The summed E-state index contributed by atoms with van der Waals surface area (Å²) in [7, 11) is 0. The standard InChI is InChI=1S/C24H41FN4O2/c1-14-8-9-21(25)20-11-22(27-23(14)20)24(31)26-18-6-5-7-19(10-18)28-12-15(2)29(17(4)30)16(3)13-28/h14-16,18-23,27H,5-13H2,1-4H3,(H,26,31)/t14?,15-,16-,18-,19+,20?,21?,22?,23?/m1/s1. The molecular formula is C24H41FN4O2. The first-order chi connectivity index (χ1) is 14.7. The predicted molar refractivity (Wildman–Crippen MR) is 119 cm³/mol. The number of carbonyl (C=O) groups excluding carboxylic acids is 2. The molecule has 2 aliphatic carbocycles. The van der Waals surface area contributed by atoms with Crippen LogP contribution in [0.15, 0.2) is 0 Å². The lowest BCUT2D eigenvalue weighted by molar-refractivity contribution is -0.137. The van der Waals surface area contributed by atoms with E-state index in [0.717, 1.165) is 45.2 Å². The Morgan fingerprint density at radius 3 is 2.35 bits per heavy atom. The van der Waals surface area contributed by atoms with Crippen LogP contribution in [0.5, 0.6) is 0 Å². The Balaban J connectivity index is 1.31. The van der Waals surface area contributed by atoms with Crippen molar-refractivity contribution in [2.75, 3.05) is 13.1 Å². The number of nitrogens with one attached hydrogen (secondary N) is 2. The highest BCUT2D eigenvalue weighted by molar-refractivity contribution is 5.82. The molecular weight excluding hydrogens is 395 g/mol. The zero-order chi connectivity index (χ0) is 22.3. The van der Waals surface area contributed by atoms with Gasteiger partial charge < -0.3 is 15.5 Å². The molecule has 7 heteroatoms. The highest BCUT2D eigenvalue weighted by Gasteiger charge is 2.46. The molecule has 0 aromatic carbocycles. The molecule has 0 spiro atoms. The number of hydrogen-bond acceptors (Lipinski definition) is 4. The van der Waals surface area contributed by atoms with Gasteiger partial charge in [-0.15, -0.1) is 0 Å². The number of fused-ring (bicyclic) bond motifs is 1. The Morgan fingerprint density at radius 2 is 1.71 bits per heavy atom. The van der Waals surface area contributed by atoms with E-state index in [0.29, 0.717) is 24.8 Å². The van der Waals surface area contributed by atoms with E-state index in [1.807, 2.05) is 4.90 Å². The number of rotatable bonds is 3. The number of hydrogen-bond donors (Lipinski definition) is 2. The summed E-state index contributed by atoms with van der Waals surface area (Å²) in [5.74, 6) is 0.635. The maximum absolute atomic E-state index is 14.4. The topological polar surface area (TPSA) is 64.7 Å². The van der Waals surface area contributed by atoms with E-state index in [9.17, 15) is 14.0 Å². The molecule has 2 saturated heterocycles. The molecule has 6 nitrogen and oxygen atoms in total. The van der Waals surface area contributed by atoms with E-state index in [4.69, 9.17) is 0 Å². The Morgan fingerprint density at radius 1 is 1.00 bits per heavy atom. The van der Waals surface area contributed by atoms with Crippen molar-refractivity contribution in [2.24, 2.45) is 11.8 Å². The first-order valence-corrected chi connectivity index (χ1v) is 12.5. The van der Waals surface area contributed by atoms with Gasteiger partial charge in [0.05, 0.1) is 6.04 Å². The fourth-order valence-corrected chi connectivity index (χ4v) is 7.01. The second-order valence-electron chi connectivity index (χ2n) is 10.8. The zero-order valence-electron chi connectivity index (χ0n) is 19.6. The van der Waals surface area contributed by atoms with E-state index in [2.05, 4.69) is 36.3 Å². The molecule has 2 aliphatic heterocycles. The molecule has 4 aliphatic rings. The van der Waals surface area contributed by atoms with Crippen molar-refractivity contribution in [2.45, 2.75) is 115 Å². The molecule has 4 fully saturated rings. The highest BCUT2D eigenvalue weighted by atomic mass is 19.1. The Hall–Kier alpha value is -1.21. The Kier molecular flexibility index (Phi) is 6.92. The summed E-state index contributed by atoms with van der Waals surface area (Å²) in [6.07, 6.45) is 5.63. The summed E-state index contributed by atoms with van der Waals surface area (Å²) in [4.78, 5) is 29.5. The van der Waals surface area contributed by atoms with Crippen LogP contribution in [0.3, 0.4) is 0 Å². The lowest BCUT2D eigenvalue weighted by Crippen LogP contribution is -2.61. The van der Waals surface area contributed by atoms with Crippen molar-refractivity contribution in [3.63, 3.8) is 0 Å². The average Bonchev–Trinajstić information content (AvgIpc) is 3.17. The number of amides is 2. The summed E-state index contributed by atoms with van der Waals surface area (Å²) in [6.45, 7) is 9.91. The minimum atomic E-state index is -0.775. The average molecular weight is 437 g/mol. The van der Waals surface area contributed by atoms with Crippen molar-refractivity contribution >= 4 is 11.8 Å². The molecule has 2 N–H and O–H groups in total. The van der Waals surface area contributed by atoms with Crippen LogP contribution in [0, 0.1) is 11.8 Å². The van der Waals surface area contributed by atoms with Crippen LogP contribution >= 0.6 is 0 Å². The second-order valence-corrected chi connectivity index (χ2v) is 10.8. The lowest BCUT2D eigenvalue weighted by atomic mass is 9.77. The molecule has 2 saturated carbocycles. The van der Waals surface area contributed by atoms with Gasteiger partial charge in [0.1, 0.15) is 6.17 Å². The molecule has 0 bridgehead atoms. The van der Waals surface area contributed by atoms with E-state index in [1.165, 1.54) is 0 Å². The SMILES string of the molecule is CC(=O)N1[C@H](C)CN([C@H]2CCC[C@@H](NC(=O)C3CC4C(F)CCC(C)C4N3)C2)C[C@H]1C. The molecule has 0 aromatic heterocycles. The number of nitrogens with zero attached hydrogens (tertiary/aromatic N) is 2. The highest BCUT2D eigenvalue weighted by Crippen LogP contribution is 2.38. The van der Waals surface area contributed by atoms with Crippen molar-refractivity contribution < 1.29 is 14.0 Å². The lowest BCUT2D eigenvalue weighted by Gasteiger charge is -2.48. The molecule has 0 radical (unpaired) electrons. The van der Waals surface area contributed by atoms with Crippen LogP contribution in [-0.4, -0.2) is 77.1 Å². The van der Waals surface area contributed by atoms with E-state index in [1.54, 1.807) is 6.92 Å². The van der Waals surface area contributed by atoms with Gasteiger partial charge in [-0.3, -0.25) is 14.5 Å². The number of piperazine rings is 1. The van der Waals surface area contributed by atoms with Crippen molar-refractivity contribution in [1.82, 2.24) is 20.4 Å². The van der Waals surface area contributed by atoms with E-state index in [-0.39, 0.29) is 47.9 Å². The van der Waals surface area contributed by atoms with Gasteiger partial charge in [-0.2, -0.15) is 0 Å². The maximum Gasteiger partial charge on any atom is 0.237 e. The normalized spacial score (nSPS) is 44.0. The smallest absolute Gasteiger partial charge is 0.237 e. The number of halogens is 1. The van der Waals surface area contributed by atoms with Gasteiger partial charge in [-0.1, -0.05) is 6.92 Å². The monoisotopic (exact) mass is 436 g/mol. The Bertz CT molecular complexity index is 646. The third-order valence-corrected chi connectivity index (χ3v) is 8.47. The quantitative estimate of drug-likeness (QED) is 0.713. The van der Waals surface area contributed by atoms with Gasteiger partial charge >= 0.3 is 0 Å². The van der Waals surface area contributed by atoms with E-state index < -0.39 is 6.17 Å². The largest absolute Gasteiger partial charge is 0.352 e. The predicted octanol–water partition coefficient (Wildman–Crippen LogP) is 2.47. The van der Waals surface area contributed by atoms with Gasteiger partial charge in [-0.25, -0.2) is 4.39 Å². The minimum Gasteiger partial charge on any atom is -0.352 e. The van der Waals surface area contributed by atoms with Crippen LogP contribution in [0.2, 0.25) is 0 Å². The van der Waals surface area contributed by atoms with Crippen LogP contribution in [0.1, 0.15) is 72.6 Å². The first kappa shape index (κ1) is 23.0. The first-order valence-electron chi connectivity index (χ1n) is 12.5. The Labute approximate surface area is 186 Å². The summed E-state index contributed by atoms with van der Waals surface area (Å²) in [6, 6.07) is 0.960. The second kappa shape index (κ2) is 9.34. The molecule has 176 valence electrons. The van der Waals surface area contributed by atoms with Gasteiger partial charge in [0.2, 0.25) is 11.8 Å². The van der Waals surface area contributed by atoms with Gasteiger partial charge in [0, 0.05) is 56.1 Å².